The lowest BCUT2D eigenvalue weighted by Crippen LogP contribution is -2.29. The van der Waals surface area contributed by atoms with Gasteiger partial charge in [0.1, 0.15) is 4.32 Å². The molecule has 28 heavy (non-hydrogen) atoms. The second-order valence-corrected chi connectivity index (χ2v) is 8.03. The Balaban J connectivity index is 1.97. The van der Waals surface area contributed by atoms with Crippen LogP contribution in [-0.2, 0) is 9.59 Å². The molecule has 1 amide bonds. The standard InChI is InChI=1S/C18H17ClN2O5S2/c19-13(10-12-5-7-14(8-6-12)21(25)26)11-15-17(24)20(18(27)28-15)9-3-1-2-4-16(22)23/h5-8,10-11H,1-4,9H2,(H,22,23)/b13-10-,15-11+. The molecule has 1 aromatic rings. The molecule has 10 heteroatoms. The van der Waals surface area contributed by atoms with Crippen LogP contribution in [0.3, 0.4) is 0 Å². The van der Waals surface area contributed by atoms with Gasteiger partial charge >= 0.3 is 5.97 Å². The summed E-state index contributed by atoms with van der Waals surface area (Å²) in [5.74, 6) is -1.06. The van der Waals surface area contributed by atoms with Crippen LogP contribution in [0.4, 0.5) is 5.69 Å². The Hall–Kier alpha value is -2.23. The molecule has 0 spiro atoms. The van der Waals surface area contributed by atoms with Gasteiger partial charge in [0.2, 0.25) is 0 Å². The van der Waals surface area contributed by atoms with E-state index in [0.717, 1.165) is 11.8 Å². The summed E-state index contributed by atoms with van der Waals surface area (Å²) >= 11 is 12.6. The number of allylic oxidation sites excluding steroid dienone is 2. The van der Waals surface area contributed by atoms with Crippen molar-refractivity contribution in [3.8, 4) is 0 Å². The lowest BCUT2D eigenvalue weighted by atomic mass is 10.2. The normalized spacial score (nSPS) is 16.1. The van der Waals surface area contributed by atoms with Gasteiger partial charge in [-0.15, -0.1) is 0 Å². The zero-order valence-electron chi connectivity index (χ0n) is 14.7. The average Bonchev–Trinajstić information content (AvgIpc) is 2.88. The smallest absolute Gasteiger partial charge is 0.303 e. The van der Waals surface area contributed by atoms with E-state index in [1.807, 2.05) is 0 Å². The maximum atomic E-state index is 12.5. The third-order valence-electron chi connectivity index (χ3n) is 3.82. The van der Waals surface area contributed by atoms with Crippen molar-refractivity contribution in [2.45, 2.75) is 25.7 Å². The third-order valence-corrected chi connectivity index (χ3v) is 5.42. The molecule has 0 saturated carbocycles. The zero-order chi connectivity index (χ0) is 20.7. The van der Waals surface area contributed by atoms with E-state index in [1.54, 1.807) is 18.2 Å². The maximum Gasteiger partial charge on any atom is 0.303 e. The van der Waals surface area contributed by atoms with Crippen molar-refractivity contribution >= 4 is 63.5 Å². The number of hydrogen-bond donors (Lipinski definition) is 1. The largest absolute Gasteiger partial charge is 0.481 e. The summed E-state index contributed by atoms with van der Waals surface area (Å²) in [5, 5.41) is 19.6. The predicted octanol–water partition coefficient (Wildman–Crippen LogP) is 4.56. The first-order valence-corrected chi connectivity index (χ1v) is 9.97. The van der Waals surface area contributed by atoms with Gasteiger partial charge in [-0.05, 0) is 42.7 Å². The summed E-state index contributed by atoms with van der Waals surface area (Å²) in [4.78, 5) is 35.1. The maximum absolute atomic E-state index is 12.5. The van der Waals surface area contributed by atoms with Crippen molar-refractivity contribution in [1.29, 1.82) is 0 Å². The van der Waals surface area contributed by atoms with Crippen molar-refractivity contribution in [1.82, 2.24) is 4.90 Å². The van der Waals surface area contributed by atoms with Crippen LogP contribution in [0, 0.1) is 10.1 Å². The monoisotopic (exact) mass is 440 g/mol. The third kappa shape index (κ3) is 6.43. The van der Waals surface area contributed by atoms with Crippen LogP contribution in [0.2, 0.25) is 0 Å². The summed E-state index contributed by atoms with van der Waals surface area (Å²) in [6.45, 7) is 0.436. The summed E-state index contributed by atoms with van der Waals surface area (Å²) in [6.07, 6.45) is 5.16. The highest BCUT2D eigenvalue weighted by molar-refractivity contribution is 8.26. The highest BCUT2D eigenvalue weighted by Gasteiger charge is 2.31. The minimum atomic E-state index is -0.831. The second kappa shape index (κ2) is 10.4. The SMILES string of the molecule is O=C(O)CCCCCN1C(=O)/C(=C\C(Cl)=C\c2ccc([N+](=O)[O-])cc2)SC1=S. The second-order valence-electron chi connectivity index (χ2n) is 5.92. The number of amides is 1. The number of carbonyl (C=O) groups is 2. The van der Waals surface area contributed by atoms with Gasteiger partial charge in [0.05, 0.1) is 9.83 Å². The minimum absolute atomic E-state index is 0.0162. The van der Waals surface area contributed by atoms with Crippen LogP contribution in [0.5, 0.6) is 0 Å². The molecule has 7 nitrogen and oxygen atoms in total. The fraction of sp³-hybridized carbons (Fsp3) is 0.278. The number of rotatable bonds is 9. The number of benzene rings is 1. The van der Waals surface area contributed by atoms with E-state index in [-0.39, 0.29) is 18.0 Å². The van der Waals surface area contributed by atoms with Crippen LogP contribution in [0.25, 0.3) is 6.08 Å². The number of unbranched alkanes of at least 4 members (excludes halogenated alkanes) is 2. The number of nitrogens with zero attached hydrogens (tertiary/aromatic N) is 2. The lowest BCUT2D eigenvalue weighted by molar-refractivity contribution is -0.384. The molecule has 1 heterocycles. The summed E-state index contributed by atoms with van der Waals surface area (Å²) < 4.78 is 0.439. The highest BCUT2D eigenvalue weighted by atomic mass is 35.5. The van der Waals surface area contributed by atoms with E-state index in [4.69, 9.17) is 28.9 Å². The molecule has 2 rings (SSSR count). The number of non-ortho nitro benzene ring substituents is 1. The molecule has 0 aromatic heterocycles. The number of nitro groups is 1. The number of nitro benzene ring substituents is 1. The van der Waals surface area contributed by atoms with Gasteiger partial charge in [-0.2, -0.15) is 0 Å². The van der Waals surface area contributed by atoms with Gasteiger partial charge in [0.15, 0.2) is 0 Å². The van der Waals surface area contributed by atoms with E-state index < -0.39 is 10.9 Å². The number of hydrogen-bond acceptors (Lipinski definition) is 6. The number of thioether (sulfide) groups is 1. The van der Waals surface area contributed by atoms with Crippen molar-refractivity contribution in [3.05, 3.63) is 56.0 Å². The van der Waals surface area contributed by atoms with E-state index in [9.17, 15) is 19.7 Å². The number of thiocarbonyl (C=S) groups is 1. The minimum Gasteiger partial charge on any atom is -0.481 e. The number of carboxylic acid groups (broad SMARTS) is 1. The fourth-order valence-electron chi connectivity index (χ4n) is 2.43. The molecule has 1 aromatic carbocycles. The zero-order valence-corrected chi connectivity index (χ0v) is 17.1. The topological polar surface area (TPSA) is 101 Å². The van der Waals surface area contributed by atoms with Gasteiger partial charge < -0.3 is 5.11 Å². The molecule has 1 aliphatic rings. The molecule has 0 atom stereocenters. The van der Waals surface area contributed by atoms with Gasteiger partial charge in [-0.3, -0.25) is 24.6 Å². The quantitative estimate of drug-likeness (QED) is 0.197. The van der Waals surface area contributed by atoms with E-state index >= 15 is 0 Å². The van der Waals surface area contributed by atoms with Crippen molar-refractivity contribution in [2.75, 3.05) is 6.54 Å². The van der Waals surface area contributed by atoms with E-state index in [1.165, 1.54) is 23.1 Å². The van der Waals surface area contributed by atoms with Crippen molar-refractivity contribution in [2.24, 2.45) is 0 Å². The molecule has 0 bridgehead atoms. The van der Waals surface area contributed by atoms with Gasteiger partial charge in [0, 0.05) is 30.1 Å². The summed E-state index contributed by atoms with van der Waals surface area (Å²) in [5.41, 5.74) is 0.651. The van der Waals surface area contributed by atoms with Crippen LogP contribution in [0.15, 0.2) is 40.3 Å². The van der Waals surface area contributed by atoms with Crippen molar-refractivity contribution in [3.63, 3.8) is 0 Å². The molecule has 148 valence electrons. The first-order valence-electron chi connectivity index (χ1n) is 8.37. The van der Waals surface area contributed by atoms with Gasteiger partial charge in [-0.1, -0.05) is 42.0 Å². The first-order chi connectivity index (χ1) is 13.3. The van der Waals surface area contributed by atoms with Crippen LogP contribution in [-0.4, -0.2) is 37.7 Å². The Morgan fingerprint density at radius 2 is 1.96 bits per heavy atom. The Morgan fingerprint density at radius 3 is 2.57 bits per heavy atom. The number of aliphatic carboxylic acids is 1. The molecule has 0 aliphatic carbocycles. The van der Waals surface area contributed by atoms with Crippen LogP contribution >= 0.6 is 35.6 Å². The first kappa shape index (κ1) is 22.1. The van der Waals surface area contributed by atoms with E-state index in [2.05, 4.69) is 0 Å². The average molecular weight is 441 g/mol. The molecular formula is C18H17ClN2O5S2. The van der Waals surface area contributed by atoms with Crippen molar-refractivity contribution < 1.29 is 19.6 Å². The Morgan fingerprint density at radius 1 is 1.29 bits per heavy atom. The molecule has 0 radical (unpaired) electrons. The Labute approximate surface area is 176 Å². The van der Waals surface area contributed by atoms with Crippen LogP contribution < -0.4 is 0 Å². The Bertz CT molecular complexity index is 852. The number of halogens is 1. The molecule has 1 N–H and O–H groups in total. The molecular weight excluding hydrogens is 424 g/mol. The number of carbonyl (C=O) groups excluding carboxylic acids is 1. The van der Waals surface area contributed by atoms with Gasteiger partial charge in [-0.25, -0.2) is 0 Å². The fourth-order valence-corrected chi connectivity index (χ4v) is 4.03. The predicted molar refractivity (Wildman–Crippen MR) is 113 cm³/mol. The highest BCUT2D eigenvalue weighted by Crippen LogP contribution is 2.33. The summed E-state index contributed by atoms with van der Waals surface area (Å²) in [6, 6.07) is 5.88. The molecule has 1 saturated heterocycles. The molecule has 1 aliphatic heterocycles. The summed E-state index contributed by atoms with van der Waals surface area (Å²) in [7, 11) is 0. The Kier molecular flexibility index (Phi) is 8.16. The number of carboxylic acids is 1. The molecule has 1 fully saturated rings. The molecule has 0 unspecified atom stereocenters. The van der Waals surface area contributed by atoms with Gasteiger partial charge in [0.25, 0.3) is 11.6 Å². The van der Waals surface area contributed by atoms with E-state index in [0.29, 0.717) is 45.6 Å². The lowest BCUT2D eigenvalue weighted by Gasteiger charge is -2.13. The van der Waals surface area contributed by atoms with Crippen LogP contribution in [0.1, 0.15) is 31.2 Å².